The van der Waals surface area contributed by atoms with E-state index < -0.39 is 0 Å². The van der Waals surface area contributed by atoms with Crippen molar-refractivity contribution < 1.29 is 4.74 Å². The van der Waals surface area contributed by atoms with Gasteiger partial charge in [0, 0.05) is 31.7 Å². The molecule has 0 amide bonds. The van der Waals surface area contributed by atoms with Gasteiger partial charge in [0.25, 0.3) is 0 Å². The first-order valence-corrected chi connectivity index (χ1v) is 6.20. The Morgan fingerprint density at radius 2 is 2.33 bits per heavy atom. The Balaban J connectivity index is 2.74. The zero-order valence-electron chi connectivity index (χ0n) is 8.62. The first-order valence-electron chi connectivity index (χ1n) is 4.70. The normalized spacial score (nSPS) is 10.3. The molecule has 1 aromatic rings. The average molecular weight is 294 g/mol. The van der Waals surface area contributed by atoms with Crippen LogP contribution in [0.3, 0.4) is 0 Å². The lowest BCUT2D eigenvalue weighted by molar-refractivity contribution is 0.205. The van der Waals surface area contributed by atoms with Crippen LogP contribution in [0.4, 0.5) is 5.82 Å². The fourth-order valence-corrected chi connectivity index (χ4v) is 1.91. The van der Waals surface area contributed by atoms with Gasteiger partial charge in [-0.1, -0.05) is 27.5 Å². The van der Waals surface area contributed by atoms with Crippen molar-refractivity contribution in [2.75, 3.05) is 37.0 Å². The van der Waals surface area contributed by atoms with Crippen LogP contribution in [0.1, 0.15) is 0 Å². The third-order valence-electron chi connectivity index (χ3n) is 1.96. The number of aromatic nitrogens is 1. The monoisotopic (exact) mass is 292 g/mol. The molecule has 0 bridgehead atoms. The van der Waals surface area contributed by atoms with Crippen LogP contribution in [-0.2, 0) is 4.74 Å². The molecule has 84 valence electrons. The van der Waals surface area contributed by atoms with Gasteiger partial charge < -0.3 is 9.64 Å². The van der Waals surface area contributed by atoms with Crippen molar-refractivity contribution in [1.82, 2.24) is 4.98 Å². The molecule has 1 aromatic heterocycles. The number of rotatable bonds is 6. The zero-order chi connectivity index (χ0) is 11.1. The van der Waals surface area contributed by atoms with Crippen molar-refractivity contribution in [2.45, 2.75) is 0 Å². The molecule has 0 aliphatic rings. The number of pyridine rings is 1. The van der Waals surface area contributed by atoms with Gasteiger partial charge in [-0.05, 0) is 12.1 Å². The molecule has 0 fully saturated rings. The van der Waals surface area contributed by atoms with Gasteiger partial charge >= 0.3 is 0 Å². The molecule has 0 radical (unpaired) electrons. The lowest BCUT2D eigenvalue weighted by Gasteiger charge is -2.23. The fraction of sp³-hybridized carbons (Fsp3) is 0.500. The minimum Gasteiger partial charge on any atom is -0.383 e. The number of halogens is 2. The van der Waals surface area contributed by atoms with E-state index in [0.717, 1.165) is 24.2 Å². The summed E-state index contributed by atoms with van der Waals surface area (Å²) in [6.45, 7) is 2.32. The summed E-state index contributed by atoms with van der Waals surface area (Å²) in [5.41, 5.74) is 0. The Labute approximate surface area is 104 Å². The molecule has 0 atom stereocenters. The highest BCUT2D eigenvalue weighted by Crippen LogP contribution is 2.21. The SMILES string of the molecule is COCCN(CCBr)c1ncccc1Cl. The molecule has 3 nitrogen and oxygen atoms in total. The Kier molecular flexibility index (Phi) is 5.98. The second-order valence-corrected chi connectivity index (χ2v) is 4.18. The molecular formula is C10H14BrClN2O. The van der Waals surface area contributed by atoms with Gasteiger partial charge in [-0.2, -0.15) is 0 Å². The largest absolute Gasteiger partial charge is 0.383 e. The van der Waals surface area contributed by atoms with Gasteiger partial charge in [0.2, 0.25) is 0 Å². The molecule has 0 unspecified atom stereocenters. The molecule has 0 N–H and O–H groups in total. The molecule has 0 aliphatic carbocycles. The van der Waals surface area contributed by atoms with Crippen LogP contribution in [0.2, 0.25) is 5.02 Å². The number of hydrogen-bond donors (Lipinski definition) is 0. The van der Waals surface area contributed by atoms with E-state index >= 15 is 0 Å². The standard InChI is InChI=1S/C10H14BrClN2O/c1-15-8-7-14(6-4-11)10-9(12)3-2-5-13-10/h2-3,5H,4,6-8H2,1H3. The van der Waals surface area contributed by atoms with Crippen LogP contribution < -0.4 is 4.90 Å². The topological polar surface area (TPSA) is 25.4 Å². The first-order chi connectivity index (χ1) is 7.29. The number of anilines is 1. The highest BCUT2D eigenvalue weighted by atomic mass is 79.9. The van der Waals surface area contributed by atoms with Crippen molar-refractivity contribution >= 4 is 33.3 Å². The molecule has 0 saturated carbocycles. The second-order valence-electron chi connectivity index (χ2n) is 2.98. The predicted octanol–water partition coefficient (Wildman–Crippen LogP) is 2.58. The Hall–Kier alpha value is -0.320. The van der Waals surface area contributed by atoms with Crippen molar-refractivity contribution in [3.8, 4) is 0 Å². The van der Waals surface area contributed by atoms with E-state index in [2.05, 4.69) is 25.8 Å². The van der Waals surface area contributed by atoms with Crippen LogP contribution in [0, 0.1) is 0 Å². The predicted molar refractivity (Wildman–Crippen MR) is 67.1 cm³/mol. The fourth-order valence-electron chi connectivity index (χ4n) is 1.24. The van der Waals surface area contributed by atoms with Crippen molar-refractivity contribution in [3.63, 3.8) is 0 Å². The summed E-state index contributed by atoms with van der Waals surface area (Å²) in [6.07, 6.45) is 1.75. The summed E-state index contributed by atoms with van der Waals surface area (Å²) < 4.78 is 5.05. The molecule has 0 saturated heterocycles. The minimum atomic E-state index is 0.667. The molecule has 0 aliphatic heterocycles. The molecular weight excluding hydrogens is 279 g/mol. The van der Waals surface area contributed by atoms with E-state index in [9.17, 15) is 0 Å². The maximum Gasteiger partial charge on any atom is 0.147 e. The van der Waals surface area contributed by atoms with Crippen molar-refractivity contribution in [1.29, 1.82) is 0 Å². The molecule has 0 aromatic carbocycles. The number of methoxy groups -OCH3 is 1. The maximum absolute atomic E-state index is 6.07. The third-order valence-corrected chi connectivity index (χ3v) is 2.61. The molecule has 1 rings (SSSR count). The van der Waals surface area contributed by atoms with E-state index in [4.69, 9.17) is 16.3 Å². The van der Waals surface area contributed by atoms with E-state index in [0.29, 0.717) is 11.6 Å². The van der Waals surface area contributed by atoms with Crippen LogP contribution in [0.5, 0.6) is 0 Å². The van der Waals surface area contributed by atoms with Crippen LogP contribution in [0.15, 0.2) is 18.3 Å². The number of alkyl halides is 1. The smallest absolute Gasteiger partial charge is 0.147 e. The van der Waals surface area contributed by atoms with Gasteiger partial charge in [-0.15, -0.1) is 0 Å². The van der Waals surface area contributed by atoms with Gasteiger partial charge in [0.1, 0.15) is 5.82 Å². The van der Waals surface area contributed by atoms with E-state index in [1.165, 1.54) is 0 Å². The van der Waals surface area contributed by atoms with E-state index in [1.54, 1.807) is 13.3 Å². The van der Waals surface area contributed by atoms with Gasteiger partial charge in [-0.25, -0.2) is 4.98 Å². The summed E-state index contributed by atoms with van der Waals surface area (Å²) >= 11 is 9.48. The quantitative estimate of drug-likeness (QED) is 0.754. The number of nitrogens with zero attached hydrogens (tertiary/aromatic N) is 2. The van der Waals surface area contributed by atoms with Crippen molar-refractivity contribution in [3.05, 3.63) is 23.4 Å². The molecule has 1 heterocycles. The summed E-state index contributed by atoms with van der Waals surface area (Å²) in [4.78, 5) is 6.37. The van der Waals surface area contributed by atoms with Gasteiger partial charge in [-0.3, -0.25) is 0 Å². The summed E-state index contributed by atoms with van der Waals surface area (Å²) in [5, 5.41) is 1.55. The number of ether oxygens (including phenoxy) is 1. The van der Waals surface area contributed by atoms with E-state index in [-0.39, 0.29) is 0 Å². The van der Waals surface area contributed by atoms with Crippen LogP contribution >= 0.6 is 27.5 Å². The molecule has 0 spiro atoms. The molecule has 15 heavy (non-hydrogen) atoms. The highest BCUT2D eigenvalue weighted by Gasteiger charge is 2.10. The summed E-state index contributed by atoms with van der Waals surface area (Å²) in [7, 11) is 1.69. The van der Waals surface area contributed by atoms with Gasteiger partial charge in [0.05, 0.1) is 11.6 Å². The third kappa shape index (κ3) is 3.97. The van der Waals surface area contributed by atoms with Crippen LogP contribution in [-0.4, -0.2) is 37.1 Å². The minimum absolute atomic E-state index is 0.667. The Morgan fingerprint density at radius 1 is 1.53 bits per heavy atom. The highest BCUT2D eigenvalue weighted by molar-refractivity contribution is 9.09. The lowest BCUT2D eigenvalue weighted by Crippen LogP contribution is -2.30. The van der Waals surface area contributed by atoms with Gasteiger partial charge in [0.15, 0.2) is 0 Å². The maximum atomic E-state index is 6.07. The first kappa shape index (κ1) is 12.7. The Bertz CT molecular complexity index is 299. The van der Waals surface area contributed by atoms with Crippen LogP contribution in [0.25, 0.3) is 0 Å². The van der Waals surface area contributed by atoms with E-state index in [1.807, 2.05) is 12.1 Å². The summed E-state index contributed by atoms with van der Waals surface area (Å²) in [5.74, 6) is 0.815. The molecule has 5 heteroatoms. The Morgan fingerprint density at radius 3 is 2.93 bits per heavy atom. The summed E-state index contributed by atoms with van der Waals surface area (Å²) in [6, 6.07) is 3.67. The second kappa shape index (κ2) is 7.04. The lowest BCUT2D eigenvalue weighted by atomic mass is 10.4. The number of hydrogen-bond acceptors (Lipinski definition) is 3. The zero-order valence-corrected chi connectivity index (χ0v) is 11.0. The van der Waals surface area contributed by atoms with Crippen molar-refractivity contribution in [2.24, 2.45) is 0 Å². The average Bonchev–Trinajstić information content (AvgIpc) is 2.25.